The van der Waals surface area contributed by atoms with Crippen LogP contribution in [0.4, 0.5) is 0 Å². The molecule has 0 aromatic rings. The molecule has 0 heterocycles. The van der Waals surface area contributed by atoms with Crippen LogP contribution in [-0.4, -0.2) is 65.2 Å². The van der Waals surface area contributed by atoms with Gasteiger partial charge in [0.1, 0.15) is 28.9 Å². The molecule has 0 aliphatic heterocycles. The Balaban J connectivity index is 5.56. The Kier molecular flexibility index (Phi) is 13.8. The lowest BCUT2D eigenvalue weighted by molar-refractivity contribution is -0.160. The lowest BCUT2D eigenvalue weighted by Crippen LogP contribution is -2.50. The van der Waals surface area contributed by atoms with E-state index in [2.05, 4.69) is 20.7 Å². The molecule has 13 heteroatoms. The number of ether oxygens (including phenoxy) is 3. The quantitative estimate of drug-likeness (QED) is 0.0888. The summed E-state index contributed by atoms with van der Waals surface area (Å²) in [5.41, 5.74) is 5.88. The highest BCUT2D eigenvalue weighted by Gasteiger charge is 2.32. The summed E-state index contributed by atoms with van der Waals surface area (Å²) in [6.45, 7) is 15.1. The van der Waals surface area contributed by atoms with E-state index < -0.39 is 65.0 Å². The molecule has 0 aliphatic carbocycles. The molecule has 0 saturated carbocycles. The zero-order chi connectivity index (χ0) is 29.7. The van der Waals surface area contributed by atoms with Gasteiger partial charge >= 0.3 is 17.9 Å². The first-order valence-electron chi connectivity index (χ1n) is 12.5. The van der Waals surface area contributed by atoms with Crippen LogP contribution in [0.2, 0.25) is 0 Å². The Hall–Kier alpha value is -3.34. The minimum absolute atomic E-state index is 0.0453. The number of azide groups is 1. The van der Waals surface area contributed by atoms with Crippen molar-refractivity contribution in [3.05, 3.63) is 10.4 Å². The van der Waals surface area contributed by atoms with Crippen LogP contribution in [-0.2, 0) is 38.2 Å². The molecule has 0 aromatic heterocycles. The SMILES string of the molecule is CC(C)(C)OC(=O)CC[C@H](NC(=O)C[C@@H](NC(=O)CCCN=[N+]=[N-])C(=O)OC(C)(C)C)C(=O)OC(C)(C)C. The molecule has 216 valence electrons. The van der Waals surface area contributed by atoms with Gasteiger partial charge in [0.2, 0.25) is 11.8 Å². The first-order chi connectivity index (χ1) is 17.2. The third kappa shape index (κ3) is 18.0. The van der Waals surface area contributed by atoms with Crippen LogP contribution >= 0.6 is 0 Å². The van der Waals surface area contributed by atoms with E-state index in [1.54, 1.807) is 62.3 Å². The van der Waals surface area contributed by atoms with Crippen molar-refractivity contribution in [1.29, 1.82) is 0 Å². The summed E-state index contributed by atoms with van der Waals surface area (Å²) >= 11 is 0. The summed E-state index contributed by atoms with van der Waals surface area (Å²) in [4.78, 5) is 65.5. The van der Waals surface area contributed by atoms with Gasteiger partial charge in [0.15, 0.2) is 0 Å². The molecule has 13 nitrogen and oxygen atoms in total. The van der Waals surface area contributed by atoms with Gasteiger partial charge in [-0.1, -0.05) is 5.11 Å². The van der Waals surface area contributed by atoms with Crippen molar-refractivity contribution in [2.24, 2.45) is 5.11 Å². The third-order valence-corrected chi connectivity index (χ3v) is 4.22. The molecule has 2 N–H and O–H groups in total. The van der Waals surface area contributed by atoms with Gasteiger partial charge in [-0.25, -0.2) is 9.59 Å². The number of esters is 3. The van der Waals surface area contributed by atoms with Crippen molar-refractivity contribution in [3.63, 3.8) is 0 Å². The largest absolute Gasteiger partial charge is 0.460 e. The van der Waals surface area contributed by atoms with Gasteiger partial charge in [-0.3, -0.25) is 14.4 Å². The van der Waals surface area contributed by atoms with Gasteiger partial charge in [-0.15, -0.1) is 0 Å². The highest BCUT2D eigenvalue weighted by molar-refractivity contribution is 5.91. The van der Waals surface area contributed by atoms with E-state index in [-0.39, 0.29) is 32.2 Å². The van der Waals surface area contributed by atoms with Gasteiger partial charge in [-0.2, -0.15) is 0 Å². The number of nitrogens with zero attached hydrogens (tertiary/aromatic N) is 3. The Morgan fingerprint density at radius 1 is 0.737 bits per heavy atom. The maximum atomic E-state index is 12.9. The first kappa shape index (κ1) is 34.7. The number of nitrogens with one attached hydrogen (secondary N) is 2. The normalized spacial score (nSPS) is 13.3. The van der Waals surface area contributed by atoms with Crippen LogP contribution in [0.5, 0.6) is 0 Å². The molecule has 0 bridgehead atoms. The summed E-state index contributed by atoms with van der Waals surface area (Å²) in [6, 6.07) is -2.54. The number of rotatable bonds is 13. The van der Waals surface area contributed by atoms with Crippen molar-refractivity contribution in [2.45, 2.75) is 123 Å². The molecule has 0 fully saturated rings. The predicted octanol–water partition coefficient (Wildman–Crippen LogP) is 3.24. The number of amides is 2. The van der Waals surface area contributed by atoms with Gasteiger partial charge in [0, 0.05) is 24.3 Å². The molecule has 2 atom stereocenters. The molecule has 0 saturated heterocycles. The van der Waals surface area contributed by atoms with Crippen LogP contribution in [0.25, 0.3) is 10.4 Å². The van der Waals surface area contributed by atoms with Crippen molar-refractivity contribution in [3.8, 4) is 0 Å². The molecular formula is C25H43N5O8. The van der Waals surface area contributed by atoms with E-state index in [0.717, 1.165) is 0 Å². The zero-order valence-electron chi connectivity index (χ0n) is 24.0. The van der Waals surface area contributed by atoms with Gasteiger partial charge in [-0.05, 0) is 80.7 Å². The standard InChI is InChI=1S/C25H43N5O8/c1-23(2,3)36-20(33)13-12-16(21(34)37-24(4,5)6)28-19(32)15-17(22(35)38-25(7,8)9)29-18(31)11-10-14-27-30-26/h16-17H,10-15H2,1-9H3,(H,28,32)(H,29,31)/t16-,17+/m0/s1. The zero-order valence-corrected chi connectivity index (χ0v) is 24.0. The van der Waals surface area contributed by atoms with Crippen molar-refractivity contribution in [2.75, 3.05) is 6.54 Å². The fraction of sp³-hybridized carbons (Fsp3) is 0.800. The second kappa shape index (κ2) is 15.2. The van der Waals surface area contributed by atoms with Gasteiger partial charge < -0.3 is 24.8 Å². The van der Waals surface area contributed by atoms with Crippen molar-refractivity contribution < 1.29 is 38.2 Å². The molecule has 2 amide bonds. The predicted molar refractivity (Wildman–Crippen MR) is 138 cm³/mol. The van der Waals surface area contributed by atoms with E-state index in [9.17, 15) is 24.0 Å². The molecule has 0 aliphatic rings. The number of carbonyl (C=O) groups excluding carboxylic acids is 5. The summed E-state index contributed by atoms with van der Waals surface area (Å²) in [6.07, 6.45) is -0.592. The average Bonchev–Trinajstić information content (AvgIpc) is 2.69. The topological polar surface area (TPSA) is 186 Å². The molecule has 0 radical (unpaired) electrons. The van der Waals surface area contributed by atoms with E-state index in [1.165, 1.54) is 0 Å². The van der Waals surface area contributed by atoms with Crippen LogP contribution in [0, 0.1) is 0 Å². The monoisotopic (exact) mass is 541 g/mol. The minimum Gasteiger partial charge on any atom is -0.460 e. The summed E-state index contributed by atoms with van der Waals surface area (Å²) in [5, 5.41) is 8.31. The molecule has 0 rings (SSSR count). The Morgan fingerprint density at radius 2 is 1.21 bits per heavy atom. The minimum atomic E-state index is -1.34. The number of hydrogen-bond donors (Lipinski definition) is 2. The van der Waals surface area contributed by atoms with Gasteiger partial charge in [0.25, 0.3) is 0 Å². The Bertz CT molecular complexity index is 893. The van der Waals surface area contributed by atoms with Crippen molar-refractivity contribution in [1.82, 2.24) is 10.6 Å². The lowest BCUT2D eigenvalue weighted by atomic mass is 10.1. The maximum Gasteiger partial charge on any atom is 0.329 e. The highest BCUT2D eigenvalue weighted by Crippen LogP contribution is 2.15. The van der Waals surface area contributed by atoms with E-state index in [4.69, 9.17) is 19.7 Å². The summed E-state index contributed by atoms with van der Waals surface area (Å²) < 4.78 is 16.0. The highest BCUT2D eigenvalue weighted by atomic mass is 16.6. The first-order valence-corrected chi connectivity index (χ1v) is 12.5. The summed E-state index contributed by atoms with van der Waals surface area (Å²) in [7, 11) is 0. The molecular weight excluding hydrogens is 498 g/mol. The lowest BCUT2D eigenvalue weighted by Gasteiger charge is -2.26. The smallest absolute Gasteiger partial charge is 0.329 e. The number of carbonyl (C=O) groups is 5. The maximum absolute atomic E-state index is 12.9. The second-order valence-corrected chi connectivity index (χ2v) is 11.7. The third-order valence-electron chi connectivity index (χ3n) is 4.22. The molecule has 0 unspecified atom stereocenters. The van der Waals surface area contributed by atoms with E-state index in [1.807, 2.05) is 0 Å². The molecule has 38 heavy (non-hydrogen) atoms. The van der Waals surface area contributed by atoms with E-state index in [0.29, 0.717) is 0 Å². The van der Waals surface area contributed by atoms with Crippen LogP contribution in [0.15, 0.2) is 5.11 Å². The van der Waals surface area contributed by atoms with Crippen molar-refractivity contribution >= 4 is 29.7 Å². The van der Waals surface area contributed by atoms with E-state index >= 15 is 0 Å². The second-order valence-electron chi connectivity index (χ2n) is 11.7. The molecule has 0 aromatic carbocycles. The summed E-state index contributed by atoms with van der Waals surface area (Å²) in [5.74, 6) is -3.44. The fourth-order valence-electron chi connectivity index (χ4n) is 2.90. The Labute approximate surface area is 224 Å². The van der Waals surface area contributed by atoms with Crippen LogP contribution in [0.1, 0.15) is 94.4 Å². The van der Waals surface area contributed by atoms with Gasteiger partial charge in [0.05, 0.1) is 6.42 Å². The molecule has 0 spiro atoms. The van der Waals surface area contributed by atoms with Crippen LogP contribution in [0.3, 0.4) is 0 Å². The average molecular weight is 542 g/mol. The Morgan fingerprint density at radius 3 is 1.68 bits per heavy atom. The number of hydrogen-bond acceptors (Lipinski definition) is 9. The fourth-order valence-corrected chi connectivity index (χ4v) is 2.90. The van der Waals surface area contributed by atoms with Crippen LogP contribution < -0.4 is 10.6 Å².